The van der Waals surface area contributed by atoms with E-state index in [2.05, 4.69) is 5.32 Å². The zero-order chi connectivity index (χ0) is 12.8. The van der Waals surface area contributed by atoms with E-state index >= 15 is 0 Å². The van der Waals surface area contributed by atoms with Gasteiger partial charge in [0.1, 0.15) is 0 Å². The summed E-state index contributed by atoms with van der Waals surface area (Å²) in [5.41, 5.74) is -1.55. The van der Waals surface area contributed by atoms with Gasteiger partial charge in [-0.15, -0.1) is 0 Å². The monoisotopic (exact) mass is 254 g/mol. The minimum Gasteiger partial charge on any atom is -0.356 e. The Morgan fingerprint density at radius 2 is 1.89 bits per heavy atom. The van der Waals surface area contributed by atoms with Gasteiger partial charge in [-0.3, -0.25) is 9.59 Å². The van der Waals surface area contributed by atoms with Crippen LogP contribution in [-0.2, 0) is 9.59 Å². The number of carbonyl (C=O) groups excluding carboxylic acids is 2. The number of alkyl halides is 1. The van der Waals surface area contributed by atoms with E-state index in [4.69, 9.17) is 0 Å². The lowest BCUT2D eigenvalue weighted by atomic mass is 9.76. The number of halogens is 1. The first kappa shape index (κ1) is 11.9. The van der Waals surface area contributed by atoms with Crippen LogP contribution in [0.2, 0.25) is 0 Å². The first-order valence-corrected chi connectivity index (χ1v) is 6.78. The Kier molecular flexibility index (Phi) is 2.61. The summed E-state index contributed by atoms with van der Waals surface area (Å²) in [5, 5.41) is 2.86. The first-order chi connectivity index (χ1) is 8.53. The van der Waals surface area contributed by atoms with Crippen LogP contribution in [-0.4, -0.2) is 42.0 Å². The maximum Gasteiger partial charge on any atom is 0.260 e. The van der Waals surface area contributed by atoms with Crippen LogP contribution in [0.5, 0.6) is 0 Å². The lowest BCUT2D eigenvalue weighted by molar-refractivity contribution is -0.152. The molecule has 1 saturated carbocycles. The molecule has 3 aliphatic rings. The summed E-state index contributed by atoms with van der Waals surface area (Å²) in [4.78, 5) is 25.0. The third kappa shape index (κ3) is 1.80. The lowest BCUT2D eigenvalue weighted by Crippen LogP contribution is -2.54. The normalized spacial score (nSPS) is 28.9. The van der Waals surface area contributed by atoms with Crippen LogP contribution in [0.25, 0.3) is 0 Å². The number of likely N-dealkylation sites (tertiary alicyclic amines) is 1. The summed E-state index contributed by atoms with van der Waals surface area (Å²) in [7, 11) is 0. The first-order valence-electron chi connectivity index (χ1n) is 6.78. The highest BCUT2D eigenvalue weighted by molar-refractivity contribution is 5.86. The number of nitrogens with one attached hydrogen (secondary N) is 1. The van der Waals surface area contributed by atoms with Crippen molar-refractivity contribution in [2.24, 2.45) is 5.41 Å². The van der Waals surface area contributed by atoms with Gasteiger partial charge in [0.15, 0.2) is 5.67 Å². The fourth-order valence-electron chi connectivity index (χ4n) is 3.27. The number of amides is 2. The lowest BCUT2D eigenvalue weighted by Gasteiger charge is -2.42. The molecule has 3 rings (SSSR count). The number of hydrogen-bond donors (Lipinski definition) is 1. The van der Waals surface area contributed by atoms with E-state index in [-0.39, 0.29) is 17.2 Å². The van der Waals surface area contributed by atoms with Gasteiger partial charge in [0.05, 0.1) is 0 Å². The minimum atomic E-state index is -1.58. The SMILES string of the molecule is O=C1CC2(CCN(C(=O)C3(F)CCC3)CC2)CN1. The third-order valence-electron chi connectivity index (χ3n) is 4.84. The Bertz CT molecular complexity index is 384. The van der Waals surface area contributed by atoms with Gasteiger partial charge in [-0.25, -0.2) is 4.39 Å². The average Bonchev–Trinajstić information content (AvgIpc) is 2.68. The molecule has 4 nitrogen and oxygen atoms in total. The van der Waals surface area contributed by atoms with Gasteiger partial charge in [-0.1, -0.05) is 0 Å². The van der Waals surface area contributed by atoms with E-state index in [0.29, 0.717) is 38.9 Å². The zero-order valence-electron chi connectivity index (χ0n) is 10.5. The standard InChI is InChI=1S/C13H19FN2O2/c14-13(2-1-3-13)11(18)16-6-4-12(5-7-16)8-10(17)15-9-12/h1-9H2,(H,15,17). The fraction of sp³-hybridized carbons (Fsp3) is 0.846. The summed E-state index contributed by atoms with van der Waals surface area (Å²) in [5.74, 6) is -0.211. The molecule has 0 atom stereocenters. The molecule has 0 unspecified atom stereocenters. The van der Waals surface area contributed by atoms with Crippen LogP contribution in [0.1, 0.15) is 38.5 Å². The highest BCUT2D eigenvalue weighted by atomic mass is 19.1. The molecule has 0 radical (unpaired) electrons. The molecule has 18 heavy (non-hydrogen) atoms. The van der Waals surface area contributed by atoms with Crippen molar-refractivity contribution in [3.8, 4) is 0 Å². The van der Waals surface area contributed by atoms with E-state index in [1.807, 2.05) is 0 Å². The number of nitrogens with zero attached hydrogens (tertiary/aromatic N) is 1. The Hall–Kier alpha value is -1.13. The molecule has 2 heterocycles. The van der Waals surface area contributed by atoms with Crippen LogP contribution >= 0.6 is 0 Å². The Balaban J connectivity index is 1.60. The van der Waals surface area contributed by atoms with Crippen molar-refractivity contribution in [1.29, 1.82) is 0 Å². The molecule has 0 bridgehead atoms. The van der Waals surface area contributed by atoms with Crippen molar-refractivity contribution < 1.29 is 14.0 Å². The molecule has 1 aliphatic carbocycles. The van der Waals surface area contributed by atoms with Crippen molar-refractivity contribution in [2.45, 2.75) is 44.2 Å². The van der Waals surface area contributed by atoms with E-state index in [1.165, 1.54) is 0 Å². The van der Waals surface area contributed by atoms with Crippen molar-refractivity contribution in [3.63, 3.8) is 0 Å². The largest absolute Gasteiger partial charge is 0.356 e. The Morgan fingerprint density at radius 1 is 1.22 bits per heavy atom. The van der Waals surface area contributed by atoms with Gasteiger partial charge in [0, 0.05) is 26.1 Å². The molecule has 0 aromatic rings. The number of carbonyl (C=O) groups is 2. The van der Waals surface area contributed by atoms with Crippen molar-refractivity contribution in [2.75, 3.05) is 19.6 Å². The second-order valence-electron chi connectivity index (χ2n) is 6.06. The summed E-state index contributed by atoms with van der Waals surface area (Å²) in [6.07, 6.45) is 3.77. The summed E-state index contributed by atoms with van der Waals surface area (Å²) < 4.78 is 14.1. The van der Waals surface area contributed by atoms with Crippen LogP contribution < -0.4 is 5.32 Å². The van der Waals surface area contributed by atoms with Gasteiger partial charge in [0.25, 0.3) is 5.91 Å². The smallest absolute Gasteiger partial charge is 0.260 e. The third-order valence-corrected chi connectivity index (χ3v) is 4.84. The highest BCUT2D eigenvalue weighted by Crippen LogP contribution is 2.41. The molecule has 0 aromatic heterocycles. The fourth-order valence-corrected chi connectivity index (χ4v) is 3.27. The summed E-state index contributed by atoms with van der Waals surface area (Å²) in [6, 6.07) is 0. The second kappa shape index (κ2) is 3.93. The van der Waals surface area contributed by atoms with Crippen molar-refractivity contribution in [1.82, 2.24) is 10.2 Å². The van der Waals surface area contributed by atoms with Crippen LogP contribution in [0.3, 0.4) is 0 Å². The van der Waals surface area contributed by atoms with Crippen LogP contribution in [0.15, 0.2) is 0 Å². The van der Waals surface area contributed by atoms with Gasteiger partial charge in [-0.2, -0.15) is 0 Å². The molecule has 2 aliphatic heterocycles. The Morgan fingerprint density at radius 3 is 2.33 bits per heavy atom. The maximum absolute atomic E-state index is 14.1. The molecule has 1 N–H and O–H groups in total. The average molecular weight is 254 g/mol. The quantitative estimate of drug-likeness (QED) is 0.759. The van der Waals surface area contributed by atoms with Crippen molar-refractivity contribution >= 4 is 11.8 Å². The molecule has 0 aromatic carbocycles. The molecular formula is C13H19FN2O2. The topological polar surface area (TPSA) is 49.4 Å². The summed E-state index contributed by atoms with van der Waals surface area (Å²) >= 11 is 0. The predicted octanol–water partition coefficient (Wildman–Crippen LogP) is 1.01. The molecule has 2 amide bonds. The van der Waals surface area contributed by atoms with Gasteiger partial charge in [-0.05, 0) is 37.5 Å². The van der Waals surface area contributed by atoms with E-state index in [1.54, 1.807) is 4.90 Å². The minimum absolute atomic E-state index is 0.0248. The van der Waals surface area contributed by atoms with Crippen molar-refractivity contribution in [3.05, 3.63) is 0 Å². The van der Waals surface area contributed by atoms with E-state index < -0.39 is 5.67 Å². The summed E-state index contributed by atoms with van der Waals surface area (Å²) in [6.45, 7) is 1.91. The van der Waals surface area contributed by atoms with E-state index in [0.717, 1.165) is 19.3 Å². The molecular weight excluding hydrogens is 235 g/mol. The van der Waals surface area contributed by atoms with Gasteiger partial charge >= 0.3 is 0 Å². The van der Waals surface area contributed by atoms with E-state index in [9.17, 15) is 14.0 Å². The Labute approximate surface area is 106 Å². The zero-order valence-corrected chi connectivity index (χ0v) is 10.5. The number of rotatable bonds is 1. The number of piperidine rings is 1. The molecule has 5 heteroatoms. The predicted molar refractivity (Wildman–Crippen MR) is 63.6 cm³/mol. The van der Waals surface area contributed by atoms with Gasteiger partial charge in [0.2, 0.25) is 5.91 Å². The van der Waals surface area contributed by atoms with Gasteiger partial charge < -0.3 is 10.2 Å². The molecule has 1 spiro atoms. The maximum atomic E-state index is 14.1. The van der Waals surface area contributed by atoms with Crippen LogP contribution in [0.4, 0.5) is 4.39 Å². The number of hydrogen-bond acceptors (Lipinski definition) is 2. The molecule has 100 valence electrons. The highest BCUT2D eigenvalue weighted by Gasteiger charge is 2.49. The molecule has 3 fully saturated rings. The molecule has 2 saturated heterocycles. The second-order valence-corrected chi connectivity index (χ2v) is 6.06. The van der Waals surface area contributed by atoms with Crippen LogP contribution in [0, 0.1) is 5.41 Å².